The van der Waals surface area contributed by atoms with Gasteiger partial charge in [0.05, 0.1) is 12.7 Å². The summed E-state index contributed by atoms with van der Waals surface area (Å²) in [4.78, 5) is 0. The molecule has 2 rings (SSSR count). The standard InChI is InChI=1S/C15H22O4/c1-2-13-12(14(16)15(17)19-13)8-9-18-10-11-6-4-3-5-7-11/h3-7,12-17H,2,8-10H2,1H3/t12?,13-,14+,15?/m1/s1. The highest BCUT2D eigenvalue weighted by molar-refractivity contribution is 5.13. The average Bonchev–Trinajstić information content (AvgIpc) is 2.72. The van der Waals surface area contributed by atoms with Crippen LogP contribution in [0.2, 0.25) is 0 Å². The number of benzene rings is 1. The maximum atomic E-state index is 9.84. The minimum Gasteiger partial charge on any atom is -0.387 e. The molecule has 1 saturated heterocycles. The third-order valence-electron chi connectivity index (χ3n) is 3.63. The fourth-order valence-corrected chi connectivity index (χ4v) is 2.53. The normalized spacial score (nSPS) is 30.7. The van der Waals surface area contributed by atoms with Crippen molar-refractivity contribution in [1.29, 1.82) is 0 Å². The second-order valence-corrected chi connectivity index (χ2v) is 4.95. The molecule has 2 unspecified atom stereocenters. The van der Waals surface area contributed by atoms with E-state index in [0.717, 1.165) is 12.0 Å². The molecule has 1 heterocycles. The van der Waals surface area contributed by atoms with Crippen molar-refractivity contribution in [3.05, 3.63) is 35.9 Å². The molecule has 4 atom stereocenters. The quantitative estimate of drug-likeness (QED) is 0.769. The number of ether oxygens (including phenoxy) is 2. The van der Waals surface area contributed by atoms with Crippen LogP contribution in [0.25, 0.3) is 0 Å². The van der Waals surface area contributed by atoms with E-state index in [9.17, 15) is 10.2 Å². The van der Waals surface area contributed by atoms with Gasteiger partial charge in [-0.25, -0.2) is 0 Å². The van der Waals surface area contributed by atoms with Crippen LogP contribution in [-0.4, -0.2) is 35.3 Å². The summed E-state index contributed by atoms with van der Waals surface area (Å²) in [6, 6.07) is 9.98. The lowest BCUT2D eigenvalue weighted by Crippen LogP contribution is -2.28. The van der Waals surface area contributed by atoms with E-state index in [1.807, 2.05) is 37.3 Å². The van der Waals surface area contributed by atoms with Crippen LogP contribution in [0.4, 0.5) is 0 Å². The Labute approximate surface area is 114 Å². The van der Waals surface area contributed by atoms with Crippen molar-refractivity contribution < 1.29 is 19.7 Å². The Morgan fingerprint density at radius 1 is 1.21 bits per heavy atom. The van der Waals surface area contributed by atoms with Gasteiger partial charge in [-0.2, -0.15) is 0 Å². The second kappa shape index (κ2) is 7.01. The van der Waals surface area contributed by atoms with Crippen LogP contribution >= 0.6 is 0 Å². The van der Waals surface area contributed by atoms with Gasteiger partial charge >= 0.3 is 0 Å². The monoisotopic (exact) mass is 266 g/mol. The van der Waals surface area contributed by atoms with Gasteiger partial charge in [0, 0.05) is 12.5 Å². The lowest BCUT2D eigenvalue weighted by Gasteiger charge is -2.18. The molecule has 19 heavy (non-hydrogen) atoms. The third-order valence-corrected chi connectivity index (χ3v) is 3.63. The van der Waals surface area contributed by atoms with Crippen molar-refractivity contribution in [2.45, 2.75) is 44.9 Å². The summed E-state index contributed by atoms with van der Waals surface area (Å²) in [5.74, 6) is -0.0456. The van der Waals surface area contributed by atoms with Crippen LogP contribution in [0.1, 0.15) is 25.3 Å². The van der Waals surface area contributed by atoms with Crippen molar-refractivity contribution in [3.63, 3.8) is 0 Å². The summed E-state index contributed by atoms with van der Waals surface area (Å²) in [6.07, 6.45) is -0.444. The predicted octanol–water partition coefficient (Wildman–Crippen LogP) is 1.70. The van der Waals surface area contributed by atoms with Crippen LogP contribution in [0.15, 0.2) is 30.3 Å². The third kappa shape index (κ3) is 3.76. The average molecular weight is 266 g/mol. The van der Waals surface area contributed by atoms with E-state index in [1.165, 1.54) is 0 Å². The molecule has 0 amide bonds. The Hall–Kier alpha value is -0.940. The van der Waals surface area contributed by atoms with Crippen molar-refractivity contribution in [2.24, 2.45) is 5.92 Å². The van der Waals surface area contributed by atoms with Gasteiger partial charge < -0.3 is 19.7 Å². The smallest absolute Gasteiger partial charge is 0.181 e. The van der Waals surface area contributed by atoms with E-state index in [1.54, 1.807) is 0 Å². The zero-order valence-electron chi connectivity index (χ0n) is 11.2. The van der Waals surface area contributed by atoms with Crippen molar-refractivity contribution in [1.82, 2.24) is 0 Å². The minimum atomic E-state index is -1.05. The first-order chi connectivity index (χ1) is 9.22. The van der Waals surface area contributed by atoms with Crippen molar-refractivity contribution >= 4 is 0 Å². The lowest BCUT2D eigenvalue weighted by atomic mass is 9.94. The first kappa shape index (κ1) is 14.5. The second-order valence-electron chi connectivity index (χ2n) is 4.95. The molecule has 0 aromatic heterocycles. The van der Waals surface area contributed by atoms with Gasteiger partial charge in [0.15, 0.2) is 6.29 Å². The van der Waals surface area contributed by atoms with E-state index in [0.29, 0.717) is 19.6 Å². The molecule has 106 valence electrons. The maximum Gasteiger partial charge on any atom is 0.181 e. The van der Waals surface area contributed by atoms with E-state index in [-0.39, 0.29) is 12.0 Å². The Balaban J connectivity index is 1.73. The molecule has 1 aliphatic rings. The molecule has 0 aliphatic carbocycles. The zero-order valence-corrected chi connectivity index (χ0v) is 11.2. The van der Waals surface area contributed by atoms with Crippen LogP contribution < -0.4 is 0 Å². The van der Waals surface area contributed by atoms with Gasteiger partial charge in [0.25, 0.3) is 0 Å². The van der Waals surface area contributed by atoms with Gasteiger partial charge in [-0.1, -0.05) is 37.3 Å². The van der Waals surface area contributed by atoms with Crippen LogP contribution in [0.5, 0.6) is 0 Å². The summed E-state index contributed by atoms with van der Waals surface area (Å²) in [5, 5.41) is 19.3. The molecular formula is C15H22O4. The van der Waals surface area contributed by atoms with Gasteiger partial charge in [-0.05, 0) is 18.4 Å². The fraction of sp³-hybridized carbons (Fsp3) is 0.600. The van der Waals surface area contributed by atoms with Gasteiger partial charge in [-0.3, -0.25) is 0 Å². The highest BCUT2D eigenvalue weighted by atomic mass is 16.6. The van der Waals surface area contributed by atoms with E-state index in [4.69, 9.17) is 9.47 Å². The first-order valence-electron chi connectivity index (χ1n) is 6.85. The lowest BCUT2D eigenvalue weighted by molar-refractivity contribution is -0.127. The minimum absolute atomic E-state index is 0.0456. The highest BCUT2D eigenvalue weighted by Crippen LogP contribution is 2.30. The van der Waals surface area contributed by atoms with Crippen LogP contribution in [0, 0.1) is 5.92 Å². The Morgan fingerprint density at radius 3 is 2.63 bits per heavy atom. The van der Waals surface area contributed by atoms with E-state index >= 15 is 0 Å². The SMILES string of the molecule is CC[C@H]1OC(O)[C@@H](O)C1CCOCc1ccccc1. The number of aliphatic hydroxyl groups excluding tert-OH is 2. The van der Waals surface area contributed by atoms with Crippen molar-refractivity contribution in [3.8, 4) is 0 Å². The Kier molecular flexibility index (Phi) is 5.34. The van der Waals surface area contributed by atoms with Crippen molar-refractivity contribution in [2.75, 3.05) is 6.61 Å². The molecule has 4 nitrogen and oxygen atoms in total. The van der Waals surface area contributed by atoms with E-state index < -0.39 is 12.4 Å². The molecule has 2 N–H and O–H groups in total. The number of rotatable bonds is 6. The molecular weight excluding hydrogens is 244 g/mol. The summed E-state index contributed by atoms with van der Waals surface area (Å²) >= 11 is 0. The molecule has 0 bridgehead atoms. The number of hydrogen-bond acceptors (Lipinski definition) is 4. The zero-order chi connectivity index (χ0) is 13.7. The topological polar surface area (TPSA) is 58.9 Å². The largest absolute Gasteiger partial charge is 0.387 e. The Bertz CT molecular complexity index is 368. The summed E-state index contributed by atoms with van der Waals surface area (Å²) in [6.45, 7) is 3.13. The van der Waals surface area contributed by atoms with E-state index in [2.05, 4.69) is 0 Å². The summed E-state index contributed by atoms with van der Waals surface area (Å²) in [7, 11) is 0. The van der Waals surface area contributed by atoms with Gasteiger partial charge in [0.1, 0.15) is 6.10 Å². The number of hydrogen-bond donors (Lipinski definition) is 2. The molecule has 0 saturated carbocycles. The molecule has 1 fully saturated rings. The molecule has 0 radical (unpaired) electrons. The number of aliphatic hydroxyl groups is 2. The highest BCUT2D eigenvalue weighted by Gasteiger charge is 2.41. The molecule has 1 aliphatic heterocycles. The molecule has 1 aromatic carbocycles. The predicted molar refractivity (Wildman–Crippen MR) is 71.4 cm³/mol. The maximum absolute atomic E-state index is 9.84. The van der Waals surface area contributed by atoms with Crippen LogP contribution in [0.3, 0.4) is 0 Å². The first-order valence-corrected chi connectivity index (χ1v) is 6.85. The molecule has 0 spiro atoms. The Morgan fingerprint density at radius 2 is 1.95 bits per heavy atom. The molecule has 1 aromatic rings. The fourth-order valence-electron chi connectivity index (χ4n) is 2.53. The molecule has 4 heteroatoms. The van der Waals surface area contributed by atoms with Crippen LogP contribution in [-0.2, 0) is 16.1 Å². The summed E-state index contributed by atoms with van der Waals surface area (Å²) < 4.78 is 10.9. The van der Waals surface area contributed by atoms with Gasteiger partial charge in [0.2, 0.25) is 0 Å². The van der Waals surface area contributed by atoms with Gasteiger partial charge in [-0.15, -0.1) is 0 Å². The summed E-state index contributed by atoms with van der Waals surface area (Å²) in [5.41, 5.74) is 1.14.